The number of hydrogen-bond acceptors (Lipinski definition) is 8. The topological polar surface area (TPSA) is 91.4 Å². The SMILES string of the molecule is COCO[C@@H]1CC2CC(OS(=O)(=O)C(F)(F)F)=C(C(=O)OC)C1N2C. The number of carbonyl (C=O) groups excluding carboxylic acids is 1. The van der Waals surface area contributed by atoms with Crippen LogP contribution in [0.15, 0.2) is 11.3 Å². The first-order valence-corrected chi connectivity index (χ1v) is 8.59. The Balaban J connectivity index is 2.44. The minimum Gasteiger partial charge on any atom is -0.466 e. The molecule has 144 valence electrons. The Bertz CT molecular complexity index is 661. The predicted octanol–water partition coefficient (Wildman–Crippen LogP) is 0.745. The third-order valence-corrected chi connectivity index (χ3v) is 5.18. The van der Waals surface area contributed by atoms with Gasteiger partial charge in [-0.2, -0.15) is 21.6 Å². The number of ether oxygens (including phenoxy) is 3. The molecule has 1 saturated heterocycles. The summed E-state index contributed by atoms with van der Waals surface area (Å²) in [6.45, 7) is -0.0901. The quantitative estimate of drug-likeness (QED) is 0.284. The standard InChI is InChI=1S/C13H18F3NO7S/c1-17-7-4-8(24-25(19,20)13(14,15)16)10(12(18)22-3)11(17)9(5-7)23-6-21-2/h7,9,11H,4-6H2,1-3H3/t7?,9-,11?/m1/s1. The molecule has 0 saturated carbocycles. The lowest BCUT2D eigenvalue weighted by Crippen LogP contribution is -2.45. The van der Waals surface area contributed by atoms with Crippen molar-refractivity contribution in [2.24, 2.45) is 0 Å². The first-order valence-electron chi connectivity index (χ1n) is 7.18. The number of fused-ring (bicyclic) bond motifs is 2. The number of likely N-dealkylation sites (N-methyl/N-ethyl adjacent to an activating group) is 1. The van der Waals surface area contributed by atoms with Gasteiger partial charge in [0.2, 0.25) is 0 Å². The van der Waals surface area contributed by atoms with Crippen molar-refractivity contribution < 1.29 is 44.8 Å². The fourth-order valence-electron chi connectivity index (χ4n) is 3.08. The molecule has 2 aliphatic heterocycles. The van der Waals surface area contributed by atoms with Crippen LogP contribution in [0.2, 0.25) is 0 Å². The van der Waals surface area contributed by atoms with E-state index in [0.29, 0.717) is 6.42 Å². The molecule has 2 unspecified atom stereocenters. The monoisotopic (exact) mass is 389 g/mol. The maximum Gasteiger partial charge on any atom is 0.534 e. The van der Waals surface area contributed by atoms with Gasteiger partial charge >= 0.3 is 21.6 Å². The second-order valence-corrected chi connectivity index (χ2v) is 7.17. The Hall–Kier alpha value is -1.37. The summed E-state index contributed by atoms with van der Waals surface area (Å²) < 4.78 is 79.7. The third-order valence-electron chi connectivity index (χ3n) is 4.19. The van der Waals surface area contributed by atoms with Crippen LogP contribution in [-0.4, -0.2) is 71.0 Å². The lowest BCUT2D eigenvalue weighted by atomic mass is 9.99. The van der Waals surface area contributed by atoms with Gasteiger partial charge in [0.05, 0.1) is 24.8 Å². The summed E-state index contributed by atoms with van der Waals surface area (Å²) in [5.41, 5.74) is -5.90. The average molecular weight is 389 g/mol. The lowest BCUT2D eigenvalue weighted by molar-refractivity contribution is -0.138. The molecule has 2 heterocycles. The average Bonchev–Trinajstić information content (AvgIpc) is 2.71. The van der Waals surface area contributed by atoms with Crippen LogP contribution in [0.25, 0.3) is 0 Å². The largest absolute Gasteiger partial charge is 0.534 e. The number of esters is 1. The van der Waals surface area contributed by atoms with E-state index >= 15 is 0 Å². The van der Waals surface area contributed by atoms with E-state index in [9.17, 15) is 26.4 Å². The molecule has 3 atom stereocenters. The molecule has 0 aliphatic carbocycles. The van der Waals surface area contributed by atoms with Gasteiger partial charge in [0, 0.05) is 19.6 Å². The number of halogens is 3. The second-order valence-electron chi connectivity index (χ2n) is 5.63. The zero-order valence-corrected chi connectivity index (χ0v) is 14.5. The Morgan fingerprint density at radius 3 is 2.48 bits per heavy atom. The molecule has 0 aromatic carbocycles. The summed E-state index contributed by atoms with van der Waals surface area (Å²) in [7, 11) is -1.80. The van der Waals surface area contributed by atoms with Gasteiger partial charge in [0.15, 0.2) is 0 Å². The summed E-state index contributed by atoms with van der Waals surface area (Å²) in [6.07, 6.45) is -0.414. The smallest absolute Gasteiger partial charge is 0.466 e. The second kappa shape index (κ2) is 7.09. The van der Waals surface area contributed by atoms with E-state index in [-0.39, 0.29) is 24.8 Å². The minimum atomic E-state index is -5.89. The summed E-state index contributed by atoms with van der Waals surface area (Å²) in [5, 5.41) is 0. The van der Waals surface area contributed by atoms with Gasteiger partial charge in [-0.3, -0.25) is 4.90 Å². The van der Waals surface area contributed by atoms with Crippen molar-refractivity contribution in [3.05, 3.63) is 11.3 Å². The lowest BCUT2D eigenvalue weighted by Gasteiger charge is -2.34. The highest BCUT2D eigenvalue weighted by atomic mass is 32.2. The predicted molar refractivity (Wildman–Crippen MR) is 76.4 cm³/mol. The molecule has 2 aliphatic rings. The van der Waals surface area contributed by atoms with Crippen LogP contribution in [0.3, 0.4) is 0 Å². The maximum absolute atomic E-state index is 12.6. The first kappa shape index (κ1) is 19.9. The highest BCUT2D eigenvalue weighted by molar-refractivity contribution is 7.87. The van der Waals surface area contributed by atoms with Crippen LogP contribution in [0.5, 0.6) is 0 Å². The summed E-state index contributed by atoms with van der Waals surface area (Å²) >= 11 is 0. The van der Waals surface area contributed by atoms with Gasteiger partial charge < -0.3 is 18.4 Å². The molecule has 0 amide bonds. The molecule has 12 heteroatoms. The Morgan fingerprint density at radius 2 is 1.96 bits per heavy atom. The molecule has 1 fully saturated rings. The van der Waals surface area contributed by atoms with E-state index in [1.54, 1.807) is 11.9 Å². The van der Waals surface area contributed by atoms with Gasteiger partial charge in [-0.25, -0.2) is 4.79 Å². The Kier molecular flexibility index (Phi) is 5.66. The van der Waals surface area contributed by atoms with Crippen molar-refractivity contribution in [1.82, 2.24) is 4.90 Å². The zero-order valence-electron chi connectivity index (χ0n) is 13.7. The summed E-state index contributed by atoms with van der Waals surface area (Å²) in [5.74, 6) is -1.55. The molecular weight excluding hydrogens is 371 g/mol. The van der Waals surface area contributed by atoms with Gasteiger partial charge in [-0.05, 0) is 13.5 Å². The fraction of sp³-hybridized carbons (Fsp3) is 0.769. The Labute approximate surface area is 142 Å². The highest BCUT2D eigenvalue weighted by Gasteiger charge is 2.54. The number of methoxy groups -OCH3 is 2. The molecule has 2 bridgehead atoms. The highest BCUT2D eigenvalue weighted by Crippen LogP contribution is 2.42. The van der Waals surface area contributed by atoms with Crippen LogP contribution < -0.4 is 0 Å². The van der Waals surface area contributed by atoms with Crippen molar-refractivity contribution in [3.8, 4) is 0 Å². The molecule has 0 spiro atoms. The van der Waals surface area contributed by atoms with Crippen LogP contribution in [0, 0.1) is 0 Å². The van der Waals surface area contributed by atoms with E-state index in [1.165, 1.54) is 7.11 Å². The Morgan fingerprint density at radius 1 is 1.32 bits per heavy atom. The molecule has 25 heavy (non-hydrogen) atoms. The third kappa shape index (κ3) is 3.76. The van der Waals surface area contributed by atoms with Crippen molar-refractivity contribution in [1.29, 1.82) is 0 Å². The van der Waals surface area contributed by atoms with Crippen LogP contribution in [-0.2, 0) is 33.3 Å². The van der Waals surface area contributed by atoms with Gasteiger partial charge in [-0.1, -0.05) is 0 Å². The molecule has 0 radical (unpaired) electrons. The van der Waals surface area contributed by atoms with Crippen LogP contribution >= 0.6 is 0 Å². The van der Waals surface area contributed by atoms with E-state index in [1.807, 2.05) is 0 Å². The van der Waals surface area contributed by atoms with Gasteiger partial charge in [0.1, 0.15) is 12.6 Å². The van der Waals surface area contributed by atoms with E-state index in [0.717, 1.165) is 7.11 Å². The van der Waals surface area contributed by atoms with Crippen LogP contribution in [0.1, 0.15) is 12.8 Å². The number of carbonyl (C=O) groups is 1. The summed E-state index contributed by atoms with van der Waals surface area (Å²) in [4.78, 5) is 13.8. The number of hydrogen-bond donors (Lipinski definition) is 0. The number of rotatable bonds is 6. The van der Waals surface area contributed by atoms with E-state index in [4.69, 9.17) is 9.47 Å². The molecule has 2 rings (SSSR count). The van der Waals surface area contributed by atoms with Crippen molar-refractivity contribution in [2.45, 2.75) is 36.5 Å². The normalized spacial score (nSPS) is 27.5. The zero-order chi connectivity index (χ0) is 19.0. The summed E-state index contributed by atoms with van der Waals surface area (Å²) in [6, 6.07) is -1.15. The van der Waals surface area contributed by atoms with E-state index < -0.39 is 39.5 Å². The first-order chi connectivity index (χ1) is 11.5. The van der Waals surface area contributed by atoms with Crippen LogP contribution in [0.4, 0.5) is 13.2 Å². The maximum atomic E-state index is 12.6. The van der Waals surface area contributed by atoms with Crippen molar-refractivity contribution in [2.75, 3.05) is 28.1 Å². The minimum absolute atomic E-state index is 0.0901. The van der Waals surface area contributed by atoms with Gasteiger partial charge in [-0.15, -0.1) is 0 Å². The molecule has 0 aromatic rings. The van der Waals surface area contributed by atoms with Crippen molar-refractivity contribution in [3.63, 3.8) is 0 Å². The molecule has 0 aromatic heterocycles. The van der Waals surface area contributed by atoms with Gasteiger partial charge in [0.25, 0.3) is 0 Å². The molecular formula is C13H18F3NO7S. The fourth-order valence-corrected chi connectivity index (χ4v) is 3.59. The number of alkyl halides is 3. The number of nitrogens with zero attached hydrogens (tertiary/aromatic N) is 1. The molecule has 8 nitrogen and oxygen atoms in total. The van der Waals surface area contributed by atoms with E-state index in [2.05, 4.69) is 8.92 Å². The van der Waals surface area contributed by atoms with Crippen molar-refractivity contribution >= 4 is 16.1 Å². The molecule has 0 N–H and O–H groups in total.